The smallest absolute Gasteiger partial charge is 0.344 e. The number of benzene rings is 1. The molecule has 20 heavy (non-hydrogen) atoms. The first kappa shape index (κ1) is 16.0. The van der Waals surface area contributed by atoms with Crippen molar-refractivity contribution in [2.45, 2.75) is 39.2 Å². The zero-order valence-electron chi connectivity index (χ0n) is 12.3. The molecule has 0 unspecified atom stereocenters. The first-order valence-electron chi connectivity index (χ1n) is 6.43. The summed E-state index contributed by atoms with van der Waals surface area (Å²) in [6.45, 7) is 7.34. The van der Waals surface area contributed by atoms with Crippen LogP contribution in [0.3, 0.4) is 0 Å². The van der Waals surface area contributed by atoms with E-state index >= 15 is 0 Å². The summed E-state index contributed by atoms with van der Waals surface area (Å²) in [5.74, 6) is -0.683. The van der Waals surface area contributed by atoms with Gasteiger partial charge in [-0.25, -0.2) is 4.79 Å². The lowest BCUT2D eigenvalue weighted by atomic mass is 9.86. The number of para-hydroxylation sites is 1. The number of carbonyl (C=O) groups is 2. The van der Waals surface area contributed by atoms with Gasteiger partial charge in [0.1, 0.15) is 5.75 Å². The maximum Gasteiger partial charge on any atom is 0.344 e. The van der Waals surface area contributed by atoms with Crippen molar-refractivity contribution in [3.8, 4) is 5.75 Å². The zero-order valence-corrected chi connectivity index (χ0v) is 12.3. The maximum absolute atomic E-state index is 11.5. The van der Waals surface area contributed by atoms with Gasteiger partial charge in [-0.3, -0.25) is 4.79 Å². The molecule has 0 spiro atoms. The van der Waals surface area contributed by atoms with Crippen LogP contribution in [0.25, 0.3) is 0 Å². The van der Waals surface area contributed by atoms with Crippen molar-refractivity contribution in [3.05, 3.63) is 29.8 Å². The van der Waals surface area contributed by atoms with E-state index < -0.39 is 18.0 Å². The summed E-state index contributed by atoms with van der Waals surface area (Å²) in [4.78, 5) is 22.3. The average molecular weight is 279 g/mol. The SMILES string of the molecule is C[C@@H](OC(=O)COc1ccccc1C(C)(C)C)C(N)=O. The van der Waals surface area contributed by atoms with Gasteiger partial charge >= 0.3 is 5.97 Å². The molecular formula is C15H21NO4. The molecule has 0 heterocycles. The molecule has 0 saturated heterocycles. The standard InChI is InChI=1S/C15H21NO4/c1-10(14(16)18)20-13(17)9-19-12-8-6-5-7-11(12)15(2,3)4/h5-8,10H,9H2,1-4H3,(H2,16,18)/t10-/m1/s1. The number of esters is 1. The minimum absolute atomic E-state index is 0.0962. The van der Waals surface area contributed by atoms with E-state index in [1.807, 2.05) is 18.2 Å². The van der Waals surface area contributed by atoms with Crippen LogP contribution < -0.4 is 10.5 Å². The average Bonchev–Trinajstić information content (AvgIpc) is 2.35. The molecule has 1 aromatic rings. The predicted molar refractivity (Wildman–Crippen MR) is 75.4 cm³/mol. The van der Waals surface area contributed by atoms with Gasteiger partial charge in [0.15, 0.2) is 12.7 Å². The van der Waals surface area contributed by atoms with Crippen LogP contribution in [0.2, 0.25) is 0 Å². The third kappa shape index (κ3) is 4.57. The second kappa shape index (κ2) is 6.41. The number of amides is 1. The normalized spacial score (nSPS) is 12.6. The van der Waals surface area contributed by atoms with Gasteiger partial charge < -0.3 is 15.2 Å². The number of primary amides is 1. The fourth-order valence-electron chi connectivity index (χ4n) is 1.64. The Morgan fingerprint density at radius 3 is 2.40 bits per heavy atom. The first-order valence-corrected chi connectivity index (χ1v) is 6.43. The van der Waals surface area contributed by atoms with E-state index in [-0.39, 0.29) is 12.0 Å². The van der Waals surface area contributed by atoms with Crippen molar-refractivity contribution in [3.63, 3.8) is 0 Å². The van der Waals surface area contributed by atoms with Crippen LogP contribution in [0.5, 0.6) is 5.75 Å². The van der Waals surface area contributed by atoms with E-state index in [0.717, 1.165) is 5.56 Å². The lowest BCUT2D eigenvalue weighted by molar-refractivity contribution is -0.155. The van der Waals surface area contributed by atoms with Crippen molar-refractivity contribution < 1.29 is 19.1 Å². The fourth-order valence-corrected chi connectivity index (χ4v) is 1.64. The largest absolute Gasteiger partial charge is 0.482 e. The van der Waals surface area contributed by atoms with Crippen molar-refractivity contribution in [1.29, 1.82) is 0 Å². The molecule has 1 aromatic carbocycles. The topological polar surface area (TPSA) is 78.6 Å². The Bertz CT molecular complexity index is 491. The number of rotatable bonds is 5. The quantitative estimate of drug-likeness (QED) is 0.833. The highest BCUT2D eigenvalue weighted by molar-refractivity contribution is 5.82. The molecule has 0 aliphatic rings. The van der Waals surface area contributed by atoms with E-state index in [1.54, 1.807) is 6.07 Å². The highest BCUT2D eigenvalue weighted by atomic mass is 16.6. The Balaban J connectivity index is 2.67. The Hall–Kier alpha value is -2.04. The first-order chi connectivity index (χ1) is 9.21. The van der Waals surface area contributed by atoms with Gasteiger partial charge in [-0.1, -0.05) is 39.0 Å². The monoisotopic (exact) mass is 279 g/mol. The molecule has 110 valence electrons. The number of nitrogens with two attached hydrogens (primary N) is 1. The molecule has 2 N–H and O–H groups in total. The lowest BCUT2D eigenvalue weighted by Crippen LogP contribution is -2.32. The third-order valence-corrected chi connectivity index (χ3v) is 2.75. The summed E-state index contributed by atoms with van der Waals surface area (Å²) >= 11 is 0. The van der Waals surface area contributed by atoms with E-state index in [9.17, 15) is 9.59 Å². The summed E-state index contributed by atoms with van der Waals surface area (Å²) in [6, 6.07) is 7.50. The Labute approximate surface area is 119 Å². The molecule has 0 radical (unpaired) electrons. The van der Waals surface area contributed by atoms with Gasteiger partial charge in [0.05, 0.1) is 0 Å². The second-order valence-corrected chi connectivity index (χ2v) is 5.57. The molecule has 0 bridgehead atoms. The van der Waals surface area contributed by atoms with Gasteiger partial charge in [0.2, 0.25) is 0 Å². The Kier molecular flexibility index (Phi) is 5.13. The van der Waals surface area contributed by atoms with Crippen molar-refractivity contribution in [2.24, 2.45) is 5.73 Å². The second-order valence-electron chi connectivity index (χ2n) is 5.57. The van der Waals surface area contributed by atoms with Crippen LogP contribution >= 0.6 is 0 Å². The molecule has 0 aliphatic carbocycles. The lowest BCUT2D eigenvalue weighted by Gasteiger charge is -2.22. The molecule has 5 nitrogen and oxygen atoms in total. The number of ether oxygens (including phenoxy) is 2. The highest BCUT2D eigenvalue weighted by Gasteiger charge is 2.20. The van der Waals surface area contributed by atoms with Crippen LogP contribution in [0.4, 0.5) is 0 Å². The summed E-state index contributed by atoms with van der Waals surface area (Å²) in [7, 11) is 0. The highest BCUT2D eigenvalue weighted by Crippen LogP contribution is 2.30. The number of hydrogen-bond acceptors (Lipinski definition) is 4. The van der Waals surface area contributed by atoms with Crippen molar-refractivity contribution in [2.75, 3.05) is 6.61 Å². The molecule has 1 rings (SSSR count). The summed E-state index contributed by atoms with van der Waals surface area (Å²) in [6.07, 6.45) is -0.955. The van der Waals surface area contributed by atoms with Crippen LogP contribution in [0.1, 0.15) is 33.3 Å². The zero-order chi connectivity index (χ0) is 15.3. The summed E-state index contributed by atoms with van der Waals surface area (Å²) in [5.41, 5.74) is 5.92. The molecule has 0 saturated carbocycles. The summed E-state index contributed by atoms with van der Waals surface area (Å²) in [5, 5.41) is 0. The Morgan fingerprint density at radius 1 is 1.25 bits per heavy atom. The van der Waals surface area contributed by atoms with Gasteiger partial charge in [-0.05, 0) is 24.0 Å². The summed E-state index contributed by atoms with van der Waals surface area (Å²) < 4.78 is 10.3. The minimum atomic E-state index is -0.955. The maximum atomic E-state index is 11.5. The van der Waals surface area contributed by atoms with Gasteiger partial charge in [0, 0.05) is 0 Å². The van der Waals surface area contributed by atoms with Gasteiger partial charge in [-0.15, -0.1) is 0 Å². The van der Waals surface area contributed by atoms with Gasteiger partial charge in [-0.2, -0.15) is 0 Å². The van der Waals surface area contributed by atoms with E-state index in [2.05, 4.69) is 20.8 Å². The molecule has 0 aliphatic heterocycles. The third-order valence-electron chi connectivity index (χ3n) is 2.75. The molecule has 5 heteroatoms. The van der Waals surface area contributed by atoms with Crippen LogP contribution in [-0.4, -0.2) is 24.6 Å². The molecule has 0 fully saturated rings. The van der Waals surface area contributed by atoms with Crippen LogP contribution in [0.15, 0.2) is 24.3 Å². The van der Waals surface area contributed by atoms with Crippen LogP contribution in [0, 0.1) is 0 Å². The molecule has 0 aromatic heterocycles. The van der Waals surface area contributed by atoms with Crippen molar-refractivity contribution in [1.82, 2.24) is 0 Å². The number of carbonyl (C=O) groups excluding carboxylic acids is 2. The molecular weight excluding hydrogens is 258 g/mol. The van der Waals surface area contributed by atoms with Crippen molar-refractivity contribution >= 4 is 11.9 Å². The molecule has 1 atom stereocenters. The van der Waals surface area contributed by atoms with E-state index in [4.69, 9.17) is 15.2 Å². The van der Waals surface area contributed by atoms with E-state index in [0.29, 0.717) is 5.75 Å². The Morgan fingerprint density at radius 2 is 1.85 bits per heavy atom. The fraction of sp³-hybridized carbons (Fsp3) is 0.467. The number of hydrogen-bond donors (Lipinski definition) is 1. The van der Waals surface area contributed by atoms with Gasteiger partial charge in [0.25, 0.3) is 5.91 Å². The minimum Gasteiger partial charge on any atom is -0.482 e. The predicted octanol–water partition coefficient (Wildman–Crippen LogP) is 1.78. The molecule has 1 amide bonds. The van der Waals surface area contributed by atoms with E-state index in [1.165, 1.54) is 6.92 Å². The van der Waals surface area contributed by atoms with Crippen LogP contribution in [-0.2, 0) is 19.7 Å².